The minimum atomic E-state index is -0.209. The number of methoxy groups -OCH3 is 1. The second-order valence-corrected chi connectivity index (χ2v) is 6.86. The van der Waals surface area contributed by atoms with Gasteiger partial charge in [-0.2, -0.15) is 4.98 Å². The summed E-state index contributed by atoms with van der Waals surface area (Å²) in [6.07, 6.45) is 8.51. The van der Waals surface area contributed by atoms with Gasteiger partial charge in [0.1, 0.15) is 11.8 Å². The Kier molecular flexibility index (Phi) is 5.53. The number of carbonyl (C=O) groups is 1. The molecule has 2 aliphatic heterocycles. The SMILES string of the molecule is COCCc1noc(C2CCCCN2C(=O)C2=Cc3ccccc3OC=C2)n1. The first kappa shape index (κ1) is 18.4. The van der Waals surface area contributed by atoms with Gasteiger partial charge in [0.25, 0.3) is 5.91 Å². The predicted octanol–water partition coefficient (Wildman–Crippen LogP) is 3.30. The van der Waals surface area contributed by atoms with E-state index in [2.05, 4.69) is 10.1 Å². The zero-order chi connectivity index (χ0) is 19.3. The lowest BCUT2D eigenvalue weighted by molar-refractivity contribution is -0.131. The molecule has 7 heteroatoms. The van der Waals surface area contributed by atoms with Crippen LogP contribution in [0.25, 0.3) is 6.08 Å². The van der Waals surface area contributed by atoms with Crippen LogP contribution in [0.3, 0.4) is 0 Å². The number of carbonyl (C=O) groups excluding carboxylic acids is 1. The fourth-order valence-electron chi connectivity index (χ4n) is 3.53. The molecule has 1 fully saturated rings. The van der Waals surface area contributed by atoms with Gasteiger partial charge in [-0.3, -0.25) is 4.79 Å². The first-order valence-electron chi connectivity index (χ1n) is 9.52. The Morgan fingerprint density at radius 3 is 3.11 bits per heavy atom. The van der Waals surface area contributed by atoms with Crippen LogP contribution in [0.4, 0.5) is 0 Å². The fraction of sp³-hybridized carbons (Fsp3) is 0.381. The molecule has 0 saturated carbocycles. The van der Waals surface area contributed by atoms with Gasteiger partial charge in [0.05, 0.1) is 12.9 Å². The first-order chi connectivity index (χ1) is 13.8. The van der Waals surface area contributed by atoms with Crippen molar-refractivity contribution in [1.82, 2.24) is 15.0 Å². The van der Waals surface area contributed by atoms with Gasteiger partial charge in [0.2, 0.25) is 5.89 Å². The summed E-state index contributed by atoms with van der Waals surface area (Å²) in [5, 5.41) is 4.03. The average Bonchev–Trinajstić information content (AvgIpc) is 3.10. The van der Waals surface area contributed by atoms with Crippen LogP contribution in [-0.2, 0) is 16.0 Å². The largest absolute Gasteiger partial charge is 0.464 e. The normalized spacial score (nSPS) is 18.8. The Morgan fingerprint density at radius 1 is 1.32 bits per heavy atom. The zero-order valence-electron chi connectivity index (χ0n) is 15.8. The number of hydrogen-bond acceptors (Lipinski definition) is 6. The summed E-state index contributed by atoms with van der Waals surface area (Å²) in [5.41, 5.74) is 1.46. The molecular weight excluding hydrogens is 358 g/mol. The topological polar surface area (TPSA) is 77.7 Å². The van der Waals surface area contributed by atoms with Crippen molar-refractivity contribution in [1.29, 1.82) is 0 Å². The Morgan fingerprint density at radius 2 is 2.21 bits per heavy atom. The Bertz CT molecular complexity index is 903. The van der Waals surface area contributed by atoms with E-state index in [1.165, 1.54) is 0 Å². The molecule has 2 aromatic rings. The second kappa shape index (κ2) is 8.39. The molecule has 1 atom stereocenters. The molecule has 1 aromatic carbocycles. The molecule has 0 bridgehead atoms. The molecule has 7 nitrogen and oxygen atoms in total. The number of rotatable bonds is 5. The van der Waals surface area contributed by atoms with Crippen LogP contribution < -0.4 is 4.74 Å². The summed E-state index contributed by atoms with van der Waals surface area (Å²) >= 11 is 0. The summed E-state index contributed by atoms with van der Waals surface area (Å²) < 4.78 is 16.2. The van der Waals surface area contributed by atoms with E-state index >= 15 is 0 Å². The summed E-state index contributed by atoms with van der Waals surface area (Å²) in [5.74, 6) is 1.77. The summed E-state index contributed by atoms with van der Waals surface area (Å²) in [6, 6.07) is 7.44. The first-order valence-corrected chi connectivity index (χ1v) is 9.52. The van der Waals surface area contributed by atoms with E-state index in [0.29, 0.717) is 36.9 Å². The van der Waals surface area contributed by atoms with E-state index in [1.54, 1.807) is 19.4 Å². The predicted molar refractivity (Wildman–Crippen MR) is 102 cm³/mol. The lowest BCUT2D eigenvalue weighted by Gasteiger charge is -2.33. The van der Waals surface area contributed by atoms with Crippen molar-refractivity contribution in [2.45, 2.75) is 31.7 Å². The molecule has 146 valence electrons. The highest BCUT2D eigenvalue weighted by Gasteiger charge is 2.33. The number of likely N-dealkylation sites (tertiary alicyclic amines) is 1. The van der Waals surface area contributed by atoms with Gasteiger partial charge in [0, 0.05) is 31.2 Å². The van der Waals surface area contributed by atoms with E-state index in [1.807, 2.05) is 35.2 Å². The number of nitrogens with zero attached hydrogens (tertiary/aromatic N) is 3. The number of ether oxygens (including phenoxy) is 2. The van der Waals surface area contributed by atoms with E-state index in [-0.39, 0.29) is 11.9 Å². The number of amides is 1. The Hall–Kier alpha value is -2.93. The van der Waals surface area contributed by atoms with Crippen LogP contribution in [0.1, 0.15) is 42.6 Å². The molecular formula is C21H23N3O4. The zero-order valence-corrected chi connectivity index (χ0v) is 15.8. The standard InChI is InChI=1S/C21H23N3O4/c1-26-12-10-19-22-20(28-23-19)17-7-4-5-11-24(17)21(25)16-9-13-27-18-8-3-2-6-15(18)14-16/h2-3,6,8-9,13-14,17H,4-5,7,10-12H2,1H3. The number of fused-ring (bicyclic) bond motifs is 1. The van der Waals surface area contributed by atoms with E-state index in [0.717, 1.165) is 30.6 Å². The molecule has 0 N–H and O–H groups in total. The van der Waals surface area contributed by atoms with Crippen molar-refractivity contribution >= 4 is 12.0 Å². The summed E-state index contributed by atoms with van der Waals surface area (Å²) in [7, 11) is 1.64. The van der Waals surface area contributed by atoms with Gasteiger partial charge >= 0.3 is 0 Å². The molecule has 0 spiro atoms. The molecule has 1 aromatic heterocycles. The lowest BCUT2D eigenvalue weighted by Crippen LogP contribution is -2.39. The van der Waals surface area contributed by atoms with Crippen molar-refractivity contribution in [3.63, 3.8) is 0 Å². The maximum Gasteiger partial charge on any atom is 0.254 e. The third-order valence-electron chi connectivity index (χ3n) is 4.98. The highest BCUT2D eigenvalue weighted by atomic mass is 16.5. The van der Waals surface area contributed by atoms with Crippen molar-refractivity contribution in [3.8, 4) is 5.75 Å². The molecule has 4 rings (SSSR count). The number of benzene rings is 1. The van der Waals surface area contributed by atoms with Crippen LogP contribution in [0, 0.1) is 0 Å². The molecule has 0 aliphatic carbocycles. The molecule has 1 unspecified atom stereocenters. The van der Waals surface area contributed by atoms with Crippen molar-refractivity contribution in [2.24, 2.45) is 0 Å². The molecule has 3 heterocycles. The van der Waals surface area contributed by atoms with Crippen molar-refractivity contribution < 1.29 is 18.8 Å². The summed E-state index contributed by atoms with van der Waals surface area (Å²) in [4.78, 5) is 19.6. The monoisotopic (exact) mass is 381 g/mol. The van der Waals surface area contributed by atoms with Crippen molar-refractivity contribution in [3.05, 3.63) is 59.5 Å². The van der Waals surface area contributed by atoms with Gasteiger partial charge in [0.15, 0.2) is 5.82 Å². The third kappa shape index (κ3) is 3.84. The van der Waals surface area contributed by atoms with Crippen LogP contribution in [0.5, 0.6) is 5.75 Å². The molecule has 28 heavy (non-hydrogen) atoms. The Labute approximate surface area is 163 Å². The number of hydrogen-bond donors (Lipinski definition) is 0. The van der Waals surface area contributed by atoms with Gasteiger partial charge in [-0.25, -0.2) is 0 Å². The highest BCUT2D eigenvalue weighted by Crippen LogP contribution is 2.33. The molecule has 1 saturated heterocycles. The Balaban J connectivity index is 1.58. The minimum Gasteiger partial charge on any atom is -0.464 e. The van der Waals surface area contributed by atoms with E-state index < -0.39 is 0 Å². The highest BCUT2D eigenvalue weighted by molar-refractivity contribution is 6.01. The quantitative estimate of drug-likeness (QED) is 0.791. The maximum atomic E-state index is 13.3. The third-order valence-corrected chi connectivity index (χ3v) is 4.98. The number of piperidine rings is 1. The number of para-hydroxylation sites is 1. The van der Waals surface area contributed by atoms with E-state index in [4.69, 9.17) is 14.0 Å². The van der Waals surface area contributed by atoms with Gasteiger partial charge in [-0.05, 0) is 37.5 Å². The summed E-state index contributed by atoms with van der Waals surface area (Å²) in [6.45, 7) is 1.19. The second-order valence-electron chi connectivity index (χ2n) is 6.86. The molecule has 1 amide bonds. The van der Waals surface area contributed by atoms with Gasteiger partial charge in [-0.1, -0.05) is 23.4 Å². The lowest BCUT2D eigenvalue weighted by atomic mass is 10.00. The smallest absolute Gasteiger partial charge is 0.254 e. The van der Waals surface area contributed by atoms with Gasteiger partial charge < -0.3 is 18.9 Å². The van der Waals surface area contributed by atoms with Gasteiger partial charge in [-0.15, -0.1) is 0 Å². The van der Waals surface area contributed by atoms with Crippen molar-refractivity contribution in [2.75, 3.05) is 20.3 Å². The fourth-order valence-corrected chi connectivity index (χ4v) is 3.53. The maximum absolute atomic E-state index is 13.3. The number of aromatic nitrogens is 2. The van der Waals surface area contributed by atoms with Crippen LogP contribution >= 0.6 is 0 Å². The molecule has 2 aliphatic rings. The van der Waals surface area contributed by atoms with Crippen LogP contribution in [-0.4, -0.2) is 41.2 Å². The average molecular weight is 381 g/mol. The van der Waals surface area contributed by atoms with Crippen LogP contribution in [0.2, 0.25) is 0 Å². The van der Waals surface area contributed by atoms with Crippen LogP contribution in [0.15, 0.2) is 46.7 Å². The minimum absolute atomic E-state index is 0.0575. The van der Waals surface area contributed by atoms with E-state index in [9.17, 15) is 4.79 Å². The molecule has 0 radical (unpaired) electrons.